The van der Waals surface area contributed by atoms with E-state index in [4.69, 9.17) is 22.3 Å². The van der Waals surface area contributed by atoms with Gasteiger partial charge in [-0.1, -0.05) is 137 Å². The predicted octanol–water partition coefficient (Wildman–Crippen LogP) is 8.36. The van der Waals surface area contributed by atoms with Crippen molar-refractivity contribution < 1.29 is 58.1 Å². The molecule has 0 spiro atoms. The molecule has 0 aliphatic rings. The largest absolute Gasteiger partial charge is 1.00 e. The number of aromatic carboxylic acids is 1. The number of aromatic nitrogens is 8. The number of carboxylic acid groups (broad SMARTS) is 1. The summed E-state index contributed by atoms with van der Waals surface area (Å²) in [5, 5.41) is 12.5. The Balaban J connectivity index is 0.000000175. The molecule has 0 atom stereocenters. The van der Waals surface area contributed by atoms with Crippen LogP contribution in [0.1, 0.15) is 63.7 Å². The van der Waals surface area contributed by atoms with Crippen molar-refractivity contribution in [2.24, 2.45) is 0 Å². The first-order valence-electron chi connectivity index (χ1n) is 30.2. The average Bonchev–Trinajstić information content (AvgIpc) is 1.67. The van der Waals surface area contributed by atoms with E-state index in [0.29, 0.717) is 59.1 Å². The van der Waals surface area contributed by atoms with Crippen molar-refractivity contribution >= 4 is 107 Å². The number of anilines is 4. The number of nitrogen functional groups attached to an aromatic ring is 3. The van der Waals surface area contributed by atoms with Gasteiger partial charge in [-0.3, -0.25) is 18.5 Å². The number of H-pyrrole nitrogens is 5. The van der Waals surface area contributed by atoms with Gasteiger partial charge in [-0.25, -0.2) is 33.6 Å². The number of ether oxygens (including phenoxy) is 2. The second-order valence-corrected chi connectivity index (χ2v) is 22.2. The van der Waals surface area contributed by atoms with Gasteiger partial charge in [0.05, 0.1) is 117 Å². The van der Waals surface area contributed by atoms with Gasteiger partial charge in [-0.15, -0.1) is 0 Å². The third-order valence-electron chi connectivity index (χ3n) is 15.0. The molecule has 0 aliphatic carbocycles. The Hall–Kier alpha value is -12.4. The molecule has 0 fully saturated rings. The van der Waals surface area contributed by atoms with Crippen molar-refractivity contribution in [2.75, 3.05) is 36.7 Å². The number of halogens is 1. The number of esters is 2. The Morgan fingerprint density at radius 1 is 0.400 bits per heavy atom. The van der Waals surface area contributed by atoms with Crippen LogP contribution in [0.4, 0.5) is 22.7 Å². The van der Waals surface area contributed by atoms with Gasteiger partial charge in [0.1, 0.15) is 0 Å². The fraction of sp³-hybridized carbons (Fsp3) is 0.0811. The fourth-order valence-corrected chi connectivity index (χ4v) is 10.2. The fourth-order valence-electron chi connectivity index (χ4n) is 9.86. The molecule has 0 saturated heterocycles. The molecule has 100 heavy (non-hydrogen) atoms. The molecular formula is C74H68BrLiN12O12. The zero-order valence-electron chi connectivity index (χ0n) is 54.4. The van der Waals surface area contributed by atoms with E-state index in [1.165, 1.54) is 26.4 Å². The Bertz CT molecular complexity index is 5250. The van der Waals surface area contributed by atoms with Crippen LogP contribution in [-0.2, 0) is 34.4 Å². The quantitative estimate of drug-likeness (QED) is 0.0238. The van der Waals surface area contributed by atoms with Crippen molar-refractivity contribution in [1.82, 2.24) is 38.6 Å². The van der Waals surface area contributed by atoms with Crippen molar-refractivity contribution in [1.29, 1.82) is 0 Å². The molecule has 0 radical (unpaired) electrons. The topological polar surface area (TPSA) is 389 Å². The first kappa shape index (κ1) is 75.0. The number of alkyl halides is 1. The number of hydrogen-bond donors (Lipinski definition) is 10. The molecule has 0 saturated carbocycles. The number of carboxylic acids is 1. The molecule has 14 N–H and O–H groups in total. The molecule has 0 unspecified atom stereocenters. The number of methoxy groups -OCH3 is 2. The third kappa shape index (κ3) is 19.9. The van der Waals surface area contributed by atoms with Crippen molar-refractivity contribution in [2.45, 2.75) is 25.0 Å². The maximum absolute atomic E-state index is 12.4. The summed E-state index contributed by atoms with van der Waals surface area (Å²) in [6.45, 7) is 1.28. The number of amides is 1. The summed E-state index contributed by atoms with van der Waals surface area (Å²) in [5.41, 5.74) is 30.8. The van der Waals surface area contributed by atoms with E-state index in [9.17, 15) is 38.4 Å². The van der Waals surface area contributed by atoms with E-state index in [0.717, 1.165) is 71.7 Å². The molecule has 4 aromatic heterocycles. The summed E-state index contributed by atoms with van der Waals surface area (Å²) < 4.78 is 14.2. The number of nitrogens with one attached hydrogen (secondary N) is 6. The molecule has 504 valence electrons. The SMILES string of the molecule is COC(=O)c1ccc(CBr)cc1.COC(=O)c1ccc(Cn2c(=O)[nH]c3ccccc32)cc1.Nc1ccccc1N.Nc1ccccc1NC(=O)c1ccc(Cn2c(=O)[nH]c3ccccc32)cc1.O=C(O)c1ccc(Cn2c(=O)[nH]c3ccccc32)cc1.O=c1[nH]c2ccccc2[nH]1.[Li+].[OH-]. The number of fused-ring (bicyclic) bond motifs is 4. The summed E-state index contributed by atoms with van der Waals surface area (Å²) in [6.07, 6.45) is 0. The van der Waals surface area contributed by atoms with Gasteiger partial charge in [0.25, 0.3) is 5.91 Å². The van der Waals surface area contributed by atoms with E-state index >= 15 is 0 Å². The Labute approximate surface area is 590 Å². The van der Waals surface area contributed by atoms with Crippen LogP contribution in [0.2, 0.25) is 0 Å². The van der Waals surface area contributed by atoms with Gasteiger partial charge < -0.3 is 67.5 Å². The Kier molecular flexibility index (Phi) is 27.1. The van der Waals surface area contributed by atoms with E-state index in [1.54, 1.807) is 86.5 Å². The predicted molar refractivity (Wildman–Crippen MR) is 388 cm³/mol. The molecule has 4 heterocycles. The summed E-state index contributed by atoms with van der Waals surface area (Å²) in [7, 11) is 2.72. The molecule has 0 aliphatic heterocycles. The second-order valence-electron chi connectivity index (χ2n) is 21.6. The van der Waals surface area contributed by atoms with Crippen LogP contribution in [0.3, 0.4) is 0 Å². The minimum Gasteiger partial charge on any atom is -0.870 e. The van der Waals surface area contributed by atoms with Crippen LogP contribution < -0.4 is 64.1 Å². The molecule has 24 nitrogen and oxygen atoms in total. The summed E-state index contributed by atoms with van der Waals surface area (Å²) in [6, 6.07) is 72.4. The van der Waals surface area contributed by atoms with E-state index < -0.39 is 5.97 Å². The van der Waals surface area contributed by atoms with Gasteiger partial charge in [0.15, 0.2) is 0 Å². The first-order chi connectivity index (χ1) is 47.4. The van der Waals surface area contributed by atoms with Crippen LogP contribution in [0.5, 0.6) is 0 Å². The van der Waals surface area contributed by atoms with Gasteiger partial charge in [0.2, 0.25) is 0 Å². The molecule has 1 amide bonds. The van der Waals surface area contributed by atoms with Crippen LogP contribution >= 0.6 is 15.9 Å². The number of carbonyl (C=O) groups is 4. The van der Waals surface area contributed by atoms with Gasteiger partial charge in [0, 0.05) is 10.9 Å². The molecule has 10 aromatic carbocycles. The van der Waals surface area contributed by atoms with E-state index in [2.05, 4.69) is 55.6 Å². The van der Waals surface area contributed by atoms with Crippen molar-refractivity contribution in [3.8, 4) is 0 Å². The minimum atomic E-state index is -0.958. The zero-order valence-corrected chi connectivity index (χ0v) is 55.9. The summed E-state index contributed by atoms with van der Waals surface area (Å²) in [5.74, 6) is -1.86. The second kappa shape index (κ2) is 36.1. The molecule has 0 bridgehead atoms. The Morgan fingerprint density at radius 2 is 0.700 bits per heavy atom. The number of nitrogens with zero attached hydrogens (tertiary/aromatic N) is 3. The maximum atomic E-state index is 12.4. The Morgan fingerprint density at radius 3 is 1.03 bits per heavy atom. The summed E-state index contributed by atoms with van der Waals surface area (Å²) >= 11 is 3.32. The van der Waals surface area contributed by atoms with Gasteiger partial charge in [-0.05, 0) is 144 Å². The third-order valence-corrected chi connectivity index (χ3v) is 15.7. The maximum Gasteiger partial charge on any atom is 1.00 e. The normalized spacial score (nSPS) is 10.2. The first-order valence-corrected chi connectivity index (χ1v) is 31.3. The monoisotopic (exact) mass is 1400 g/mol. The standard InChI is InChI=1S/C21H18N4O2.C16H14N2O3.C15H12N2O3.C9H9BrO2.C7H6N2O.C6H8N2.Li.H2O/c22-16-5-1-2-6-17(16)23-20(26)15-11-9-14(10-12-15)13-25-19-8-4-3-7-18(19)24-21(25)27;1-21-15(19)12-8-6-11(7-9-12)10-18-14-5-3-2-4-13(14)17-16(18)20;18-14(19)11-7-5-10(6-8-11)9-17-13-4-2-1-3-12(13)16-15(17)20;1-12-9(11)8-4-2-7(6-10)3-5-8;10-7-8-5-3-1-2-4-6(5)9-7;7-5-3-1-2-4-6(5)8;;/h1-12H,13,22H2,(H,23,26)(H,24,27);2-9H,10H2,1H3,(H,17,20);1-8H,9H2,(H,16,20)(H,18,19);2-5H,6H2,1H3;1-4H,(H2,8,9,10);1-4H,7-8H2;;1H2/q;;;;;;+1;/p-1. The molecular weight excluding hydrogens is 1340 g/mol. The van der Waals surface area contributed by atoms with Crippen LogP contribution in [0.15, 0.2) is 262 Å². The number of rotatable bonds is 12. The van der Waals surface area contributed by atoms with Crippen LogP contribution in [-0.4, -0.2) is 87.2 Å². The average molecular weight is 1400 g/mol. The number of nitrogens with two attached hydrogens (primary N) is 3. The minimum absolute atomic E-state index is 0. The van der Waals surface area contributed by atoms with Gasteiger partial charge >= 0.3 is 59.5 Å². The molecule has 14 rings (SSSR count). The number of hydrogen-bond acceptors (Lipinski definition) is 14. The number of imidazole rings is 4. The van der Waals surface area contributed by atoms with Gasteiger partial charge in [-0.2, -0.15) is 0 Å². The van der Waals surface area contributed by atoms with Crippen LogP contribution in [0.25, 0.3) is 44.1 Å². The molecule has 14 aromatic rings. The van der Waals surface area contributed by atoms with E-state index in [1.807, 2.05) is 158 Å². The number of carbonyl (C=O) groups excluding carboxylic acids is 3. The smallest absolute Gasteiger partial charge is 0.870 e. The van der Waals surface area contributed by atoms with E-state index in [-0.39, 0.29) is 70.5 Å². The number of aromatic amines is 5. The number of benzene rings is 10. The van der Waals surface area contributed by atoms with Crippen LogP contribution in [0, 0.1) is 0 Å². The van der Waals surface area contributed by atoms with Crippen molar-refractivity contribution in [3.63, 3.8) is 0 Å². The van der Waals surface area contributed by atoms with Crippen molar-refractivity contribution in [3.05, 3.63) is 329 Å². The number of para-hydroxylation sites is 12. The summed E-state index contributed by atoms with van der Waals surface area (Å²) in [4.78, 5) is 106. The molecule has 26 heteroatoms. The zero-order chi connectivity index (χ0) is 69.7.